The van der Waals surface area contributed by atoms with Crippen LogP contribution in [0.4, 0.5) is 0 Å². The summed E-state index contributed by atoms with van der Waals surface area (Å²) in [6.07, 6.45) is 0. The highest BCUT2D eigenvalue weighted by atomic mass is 32.2. The molecule has 50 valence electrons. The van der Waals surface area contributed by atoms with Crippen LogP contribution >= 0.6 is 0 Å². The molecule has 1 unspecified atom stereocenters. The zero-order chi connectivity index (χ0) is 6.57. The Labute approximate surface area is 52.4 Å². The van der Waals surface area contributed by atoms with Gasteiger partial charge in [-0.25, -0.2) is 0 Å². The van der Waals surface area contributed by atoms with Crippen LogP contribution in [-0.2, 0) is 10.8 Å². The Kier molecular flexibility index (Phi) is 4.09. The van der Waals surface area contributed by atoms with Gasteiger partial charge in [-0.15, -0.1) is 0 Å². The number of aliphatic hydroxyl groups is 1. The summed E-state index contributed by atoms with van der Waals surface area (Å²) < 4.78 is 10.7. The van der Waals surface area contributed by atoms with E-state index in [0.717, 1.165) is 0 Å². The molecule has 2 nitrogen and oxygen atoms in total. The number of rotatable bonds is 3. The Morgan fingerprint density at radius 1 is 1.62 bits per heavy atom. The molecule has 0 bridgehead atoms. The molecule has 0 aliphatic heterocycles. The second-order valence-corrected chi connectivity index (χ2v) is 3.97. The molecule has 8 heavy (non-hydrogen) atoms. The fraction of sp³-hybridized carbons (Fsp3) is 1.00. The summed E-state index contributed by atoms with van der Waals surface area (Å²) in [4.78, 5) is 0. The third-order valence-electron chi connectivity index (χ3n) is 0.818. The summed E-state index contributed by atoms with van der Waals surface area (Å²) in [5.41, 5.74) is 0. The molecule has 0 aromatic carbocycles. The number of hydrogen-bond acceptors (Lipinski definition) is 2. The molecule has 0 aliphatic rings. The molecule has 0 aliphatic carbocycles. The van der Waals surface area contributed by atoms with E-state index < -0.39 is 10.8 Å². The van der Waals surface area contributed by atoms with Crippen LogP contribution in [0.5, 0.6) is 0 Å². The Morgan fingerprint density at radius 3 is 2.25 bits per heavy atom. The van der Waals surface area contributed by atoms with E-state index in [1.807, 2.05) is 13.8 Å². The van der Waals surface area contributed by atoms with Crippen LogP contribution in [-0.4, -0.2) is 26.9 Å². The van der Waals surface area contributed by atoms with Crippen molar-refractivity contribution >= 4 is 10.8 Å². The van der Waals surface area contributed by atoms with Crippen LogP contribution in [0.2, 0.25) is 0 Å². The first-order chi connectivity index (χ1) is 3.68. The summed E-state index contributed by atoms with van der Waals surface area (Å²) >= 11 is 0. The van der Waals surface area contributed by atoms with Gasteiger partial charge in [-0.2, -0.15) is 0 Å². The van der Waals surface area contributed by atoms with Crippen LogP contribution in [0.3, 0.4) is 0 Å². The standard InChI is InChI=1S/C5H12O2S/c1-5(2)8(7)4-3-6/h5-6H,3-4H2,1-2H3. The van der Waals surface area contributed by atoms with Gasteiger partial charge in [0.05, 0.1) is 6.61 Å². The Morgan fingerprint density at radius 2 is 2.12 bits per heavy atom. The zero-order valence-corrected chi connectivity index (χ0v) is 6.07. The van der Waals surface area contributed by atoms with Gasteiger partial charge < -0.3 is 5.11 Å². The summed E-state index contributed by atoms with van der Waals surface area (Å²) in [6.45, 7) is 3.79. The summed E-state index contributed by atoms with van der Waals surface area (Å²) in [7, 11) is -0.822. The minimum absolute atomic E-state index is 0.0325. The van der Waals surface area contributed by atoms with E-state index in [4.69, 9.17) is 5.11 Å². The maximum absolute atomic E-state index is 10.7. The Balaban J connectivity index is 3.33. The topological polar surface area (TPSA) is 37.3 Å². The molecular weight excluding hydrogens is 124 g/mol. The van der Waals surface area contributed by atoms with Crippen molar-refractivity contribution in [3.8, 4) is 0 Å². The predicted octanol–water partition coefficient (Wildman–Crippen LogP) is 0.136. The third-order valence-corrected chi connectivity index (χ3v) is 2.45. The zero-order valence-electron chi connectivity index (χ0n) is 5.26. The molecule has 0 fully saturated rings. The van der Waals surface area contributed by atoms with Crippen LogP contribution in [0.1, 0.15) is 13.8 Å². The molecule has 0 rings (SSSR count). The van der Waals surface area contributed by atoms with E-state index in [-0.39, 0.29) is 11.9 Å². The first-order valence-electron chi connectivity index (χ1n) is 2.66. The molecule has 0 aromatic heterocycles. The largest absolute Gasteiger partial charge is 0.395 e. The maximum atomic E-state index is 10.7. The molecule has 1 atom stereocenters. The highest BCUT2D eigenvalue weighted by Crippen LogP contribution is 1.91. The van der Waals surface area contributed by atoms with Gasteiger partial charge in [-0.05, 0) is 0 Å². The molecule has 3 heteroatoms. The smallest absolute Gasteiger partial charge is 0.0546 e. The van der Waals surface area contributed by atoms with E-state index in [1.165, 1.54) is 0 Å². The van der Waals surface area contributed by atoms with Crippen LogP contribution in [0.15, 0.2) is 0 Å². The molecule has 0 radical (unpaired) electrons. The fourth-order valence-corrected chi connectivity index (χ4v) is 0.977. The highest BCUT2D eigenvalue weighted by Gasteiger charge is 2.01. The van der Waals surface area contributed by atoms with Crippen molar-refractivity contribution in [3.63, 3.8) is 0 Å². The van der Waals surface area contributed by atoms with Crippen molar-refractivity contribution in [2.24, 2.45) is 0 Å². The molecule has 0 saturated heterocycles. The fourth-order valence-electron chi connectivity index (χ4n) is 0.326. The van der Waals surface area contributed by atoms with Crippen molar-refractivity contribution < 1.29 is 9.32 Å². The summed E-state index contributed by atoms with van der Waals surface area (Å²) in [5.74, 6) is 0.414. The molecule has 1 N–H and O–H groups in total. The third kappa shape index (κ3) is 3.16. The lowest BCUT2D eigenvalue weighted by atomic mass is 10.6. The van der Waals surface area contributed by atoms with Gasteiger partial charge in [-0.1, -0.05) is 13.8 Å². The second kappa shape index (κ2) is 4.04. The van der Waals surface area contributed by atoms with E-state index in [0.29, 0.717) is 5.75 Å². The minimum atomic E-state index is -0.822. The van der Waals surface area contributed by atoms with E-state index in [2.05, 4.69) is 0 Å². The van der Waals surface area contributed by atoms with Crippen LogP contribution in [0.25, 0.3) is 0 Å². The van der Waals surface area contributed by atoms with Gasteiger partial charge in [0, 0.05) is 21.8 Å². The van der Waals surface area contributed by atoms with Crippen LogP contribution in [0, 0.1) is 0 Å². The van der Waals surface area contributed by atoms with E-state index in [1.54, 1.807) is 0 Å². The SMILES string of the molecule is CC(C)S(=O)CCO. The Bertz CT molecular complexity index is 80.5. The number of hydrogen-bond donors (Lipinski definition) is 1. The lowest BCUT2D eigenvalue weighted by Crippen LogP contribution is -2.11. The monoisotopic (exact) mass is 136 g/mol. The molecule has 0 aromatic rings. The van der Waals surface area contributed by atoms with Crippen molar-refractivity contribution in [3.05, 3.63) is 0 Å². The quantitative estimate of drug-likeness (QED) is 0.599. The van der Waals surface area contributed by atoms with Crippen LogP contribution < -0.4 is 0 Å². The molecule has 0 amide bonds. The highest BCUT2D eigenvalue weighted by molar-refractivity contribution is 7.85. The van der Waals surface area contributed by atoms with Crippen molar-refractivity contribution in [2.75, 3.05) is 12.4 Å². The van der Waals surface area contributed by atoms with Crippen molar-refractivity contribution in [1.29, 1.82) is 0 Å². The minimum Gasteiger partial charge on any atom is -0.395 e. The maximum Gasteiger partial charge on any atom is 0.0546 e. The molecule has 0 saturated carbocycles. The van der Waals surface area contributed by atoms with Gasteiger partial charge in [0.15, 0.2) is 0 Å². The van der Waals surface area contributed by atoms with Crippen molar-refractivity contribution in [2.45, 2.75) is 19.1 Å². The summed E-state index contributed by atoms with van der Waals surface area (Å²) in [6, 6.07) is 0. The molecule has 0 spiro atoms. The molecule has 0 heterocycles. The first-order valence-corrected chi connectivity index (χ1v) is 4.04. The van der Waals surface area contributed by atoms with Gasteiger partial charge >= 0.3 is 0 Å². The predicted molar refractivity (Wildman–Crippen MR) is 35.2 cm³/mol. The van der Waals surface area contributed by atoms with Gasteiger partial charge in [-0.3, -0.25) is 4.21 Å². The lowest BCUT2D eigenvalue weighted by molar-refractivity contribution is 0.321. The van der Waals surface area contributed by atoms with E-state index >= 15 is 0 Å². The average molecular weight is 136 g/mol. The lowest BCUT2D eigenvalue weighted by Gasteiger charge is -2.00. The first kappa shape index (κ1) is 8.11. The van der Waals surface area contributed by atoms with E-state index in [9.17, 15) is 4.21 Å². The molecular formula is C5H12O2S. The Hall–Kier alpha value is 0.110. The average Bonchev–Trinajstić information content (AvgIpc) is 1.67. The van der Waals surface area contributed by atoms with Gasteiger partial charge in [0.25, 0.3) is 0 Å². The van der Waals surface area contributed by atoms with Gasteiger partial charge in [0.1, 0.15) is 0 Å². The normalized spacial score (nSPS) is 14.5. The number of aliphatic hydroxyl groups excluding tert-OH is 1. The van der Waals surface area contributed by atoms with Crippen molar-refractivity contribution in [1.82, 2.24) is 0 Å². The second-order valence-electron chi connectivity index (χ2n) is 1.86. The summed E-state index contributed by atoms with van der Waals surface area (Å²) in [5, 5.41) is 8.48. The van der Waals surface area contributed by atoms with Gasteiger partial charge in [0.2, 0.25) is 0 Å².